The van der Waals surface area contributed by atoms with Crippen LogP contribution in [-0.4, -0.2) is 18.5 Å². The van der Waals surface area contributed by atoms with E-state index in [1.54, 1.807) is 25.1 Å². The first-order valence-electron chi connectivity index (χ1n) is 8.23. The second kappa shape index (κ2) is 6.51. The van der Waals surface area contributed by atoms with Crippen molar-refractivity contribution in [2.75, 3.05) is 11.9 Å². The number of esters is 1. The first-order valence-corrected chi connectivity index (χ1v) is 8.23. The minimum Gasteiger partial charge on any atom is -0.462 e. The van der Waals surface area contributed by atoms with Crippen molar-refractivity contribution in [1.29, 1.82) is 0 Å². The molecule has 2 bridgehead atoms. The zero-order valence-electron chi connectivity index (χ0n) is 13.0. The monoisotopic (exact) mass is 301 g/mol. The van der Waals surface area contributed by atoms with Gasteiger partial charge in [0.05, 0.1) is 17.9 Å². The fourth-order valence-electron chi connectivity index (χ4n) is 4.04. The van der Waals surface area contributed by atoms with Crippen LogP contribution >= 0.6 is 0 Å². The van der Waals surface area contributed by atoms with Crippen molar-refractivity contribution < 1.29 is 14.3 Å². The van der Waals surface area contributed by atoms with Gasteiger partial charge in [-0.2, -0.15) is 0 Å². The largest absolute Gasteiger partial charge is 0.462 e. The lowest BCUT2D eigenvalue weighted by molar-refractivity contribution is -0.117. The Hall–Kier alpha value is -1.84. The third-order valence-electron chi connectivity index (χ3n) is 5.03. The number of hydrogen-bond donors (Lipinski definition) is 1. The number of anilines is 1. The molecule has 0 spiro atoms. The maximum Gasteiger partial charge on any atom is 0.340 e. The van der Waals surface area contributed by atoms with Gasteiger partial charge in [-0.05, 0) is 56.1 Å². The van der Waals surface area contributed by atoms with Gasteiger partial charge >= 0.3 is 5.97 Å². The Morgan fingerprint density at radius 2 is 2.05 bits per heavy atom. The summed E-state index contributed by atoms with van der Waals surface area (Å²) in [6.07, 6.45) is 5.68. The molecule has 118 valence electrons. The minimum absolute atomic E-state index is 0.00861. The van der Waals surface area contributed by atoms with E-state index < -0.39 is 5.97 Å². The molecular formula is C18H23NO3. The van der Waals surface area contributed by atoms with Gasteiger partial charge in [0.1, 0.15) is 0 Å². The number of fused-ring (bicyclic) bond motifs is 2. The van der Waals surface area contributed by atoms with Gasteiger partial charge in [-0.1, -0.05) is 18.6 Å². The Morgan fingerprint density at radius 3 is 2.73 bits per heavy atom. The van der Waals surface area contributed by atoms with Crippen LogP contribution in [0.25, 0.3) is 0 Å². The molecule has 1 N–H and O–H groups in total. The SMILES string of the molecule is CCOC(=O)c1ccccc1NC(=O)C[C@H]1C[C@@H]2CC[C@@H]1C2. The number of carbonyl (C=O) groups excluding carboxylic acids is 2. The van der Waals surface area contributed by atoms with E-state index >= 15 is 0 Å². The summed E-state index contributed by atoms with van der Waals surface area (Å²) in [6.45, 7) is 2.10. The molecule has 2 saturated carbocycles. The summed E-state index contributed by atoms with van der Waals surface area (Å²) in [4.78, 5) is 24.2. The molecule has 0 radical (unpaired) electrons. The molecule has 0 aliphatic heterocycles. The van der Waals surface area contributed by atoms with Crippen LogP contribution in [0.1, 0.15) is 49.4 Å². The number of amides is 1. The summed E-state index contributed by atoms with van der Waals surface area (Å²) in [6, 6.07) is 7.03. The van der Waals surface area contributed by atoms with Crippen molar-refractivity contribution in [2.24, 2.45) is 17.8 Å². The van der Waals surface area contributed by atoms with E-state index in [1.165, 1.54) is 25.7 Å². The molecule has 0 unspecified atom stereocenters. The Bertz CT molecular complexity index is 569. The lowest BCUT2D eigenvalue weighted by Gasteiger charge is -2.21. The summed E-state index contributed by atoms with van der Waals surface area (Å²) >= 11 is 0. The molecular weight excluding hydrogens is 278 g/mol. The highest BCUT2D eigenvalue weighted by molar-refractivity contribution is 6.01. The summed E-state index contributed by atoms with van der Waals surface area (Å²) in [5.74, 6) is 1.71. The fourth-order valence-corrected chi connectivity index (χ4v) is 4.04. The number of benzene rings is 1. The first-order chi connectivity index (χ1) is 10.7. The van der Waals surface area contributed by atoms with Crippen LogP contribution in [0, 0.1) is 17.8 Å². The number of rotatable bonds is 5. The van der Waals surface area contributed by atoms with Gasteiger partial charge in [0, 0.05) is 6.42 Å². The molecule has 0 heterocycles. The highest BCUT2D eigenvalue weighted by Crippen LogP contribution is 2.49. The molecule has 1 aromatic carbocycles. The average molecular weight is 301 g/mol. The lowest BCUT2D eigenvalue weighted by Crippen LogP contribution is -2.21. The Morgan fingerprint density at radius 1 is 1.23 bits per heavy atom. The van der Waals surface area contributed by atoms with Gasteiger partial charge in [-0.15, -0.1) is 0 Å². The lowest BCUT2D eigenvalue weighted by atomic mass is 9.86. The van der Waals surface area contributed by atoms with Crippen LogP contribution in [0.4, 0.5) is 5.69 Å². The third kappa shape index (κ3) is 3.16. The number of hydrogen-bond acceptors (Lipinski definition) is 3. The molecule has 1 aromatic rings. The van der Waals surface area contributed by atoms with E-state index in [0.717, 1.165) is 11.8 Å². The van der Waals surface area contributed by atoms with Gasteiger partial charge in [-0.25, -0.2) is 4.79 Å². The first kappa shape index (κ1) is 15.1. The zero-order valence-corrected chi connectivity index (χ0v) is 13.0. The van der Waals surface area contributed by atoms with Gasteiger partial charge in [0.25, 0.3) is 0 Å². The van der Waals surface area contributed by atoms with Gasteiger partial charge in [0.2, 0.25) is 5.91 Å². The van der Waals surface area contributed by atoms with Gasteiger partial charge < -0.3 is 10.1 Å². The Kier molecular flexibility index (Phi) is 4.46. The molecule has 4 nitrogen and oxygen atoms in total. The fraction of sp³-hybridized carbons (Fsp3) is 0.556. The van der Waals surface area contributed by atoms with Crippen LogP contribution in [-0.2, 0) is 9.53 Å². The van der Waals surface area contributed by atoms with Crippen molar-refractivity contribution in [1.82, 2.24) is 0 Å². The number of ether oxygens (including phenoxy) is 1. The predicted octanol–water partition coefficient (Wildman–Crippen LogP) is 3.63. The van der Waals surface area contributed by atoms with E-state index in [2.05, 4.69) is 5.32 Å². The summed E-state index contributed by atoms with van der Waals surface area (Å²) in [5.41, 5.74) is 0.972. The van der Waals surface area contributed by atoms with Crippen LogP contribution < -0.4 is 5.32 Å². The molecule has 2 aliphatic rings. The second-order valence-corrected chi connectivity index (χ2v) is 6.45. The van der Waals surface area contributed by atoms with Crippen LogP contribution in [0.3, 0.4) is 0 Å². The van der Waals surface area contributed by atoms with Crippen molar-refractivity contribution in [3.63, 3.8) is 0 Å². The molecule has 0 saturated heterocycles. The number of carbonyl (C=O) groups is 2. The minimum atomic E-state index is -0.390. The van der Waals surface area contributed by atoms with E-state index in [1.807, 2.05) is 6.07 Å². The third-order valence-corrected chi connectivity index (χ3v) is 5.03. The molecule has 4 heteroatoms. The normalized spacial score (nSPS) is 26.0. The summed E-state index contributed by atoms with van der Waals surface area (Å²) in [5, 5.41) is 2.90. The van der Waals surface area contributed by atoms with Crippen LogP contribution in [0.2, 0.25) is 0 Å². The molecule has 2 aliphatic carbocycles. The second-order valence-electron chi connectivity index (χ2n) is 6.45. The summed E-state index contributed by atoms with van der Waals surface area (Å²) < 4.78 is 5.03. The highest BCUT2D eigenvalue weighted by Gasteiger charge is 2.40. The van der Waals surface area contributed by atoms with Crippen molar-refractivity contribution >= 4 is 17.6 Å². The molecule has 3 rings (SSSR count). The zero-order chi connectivity index (χ0) is 15.5. The molecule has 22 heavy (non-hydrogen) atoms. The quantitative estimate of drug-likeness (QED) is 0.845. The van der Waals surface area contributed by atoms with Crippen molar-refractivity contribution in [2.45, 2.75) is 39.0 Å². The van der Waals surface area contributed by atoms with E-state index in [-0.39, 0.29) is 5.91 Å². The van der Waals surface area contributed by atoms with Crippen LogP contribution in [0.15, 0.2) is 24.3 Å². The van der Waals surface area contributed by atoms with Crippen LogP contribution in [0.5, 0.6) is 0 Å². The van der Waals surface area contributed by atoms with Crippen molar-refractivity contribution in [3.8, 4) is 0 Å². The van der Waals surface area contributed by atoms with E-state index in [0.29, 0.717) is 30.2 Å². The standard InChI is InChI=1S/C18H23NO3/c1-2-22-18(21)15-5-3-4-6-16(15)19-17(20)11-14-10-12-7-8-13(14)9-12/h3-6,12-14H,2,7-11H2,1H3,(H,19,20)/t12-,13-,14-/m1/s1. The maximum absolute atomic E-state index is 12.3. The number of para-hydroxylation sites is 1. The van der Waals surface area contributed by atoms with Gasteiger partial charge in [0.15, 0.2) is 0 Å². The average Bonchev–Trinajstić information content (AvgIpc) is 3.10. The molecule has 0 aromatic heterocycles. The molecule has 2 fully saturated rings. The number of nitrogens with one attached hydrogen (secondary N) is 1. The summed E-state index contributed by atoms with van der Waals surface area (Å²) in [7, 11) is 0. The molecule has 1 amide bonds. The van der Waals surface area contributed by atoms with Crippen molar-refractivity contribution in [3.05, 3.63) is 29.8 Å². The van der Waals surface area contributed by atoms with Gasteiger partial charge in [-0.3, -0.25) is 4.79 Å². The maximum atomic E-state index is 12.3. The Balaban J connectivity index is 1.63. The predicted molar refractivity (Wildman–Crippen MR) is 84.6 cm³/mol. The van der Waals surface area contributed by atoms with E-state index in [4.69, 9.17) is 4.74 Å². The topological polar surface area (TPSA) is 55.4 Å². The Labute approximate surface area is 131 Å². The molecule has 3 atom stereocenters. The highest BCUT2D eigenvalue weighted by atomic mass is 16.5. The smallest absolute Gasteiger partial charge is 0.340 e. The van der Waals surface area contributed by atoms with E-state index in [9.17, 15) is 9.59 Å².